The maximum atomic E-state index is 9.41. The van der Waals surface area contributed by atoms with Gasteiger partial charge in [-0.1, -0.05) is 32.9 Å². The van der Waals surface area contributed by atoms with Gasteiger partial charge in [-0.05, 0) is 41.6 Å². The number of aromatic hydroxyl groups is 1. The number of phenols is 1. The molecule has 2 N–H and O–H groups in total. The molecule has 5 heteroatoms. The van der Waals surface area contributed by atoms with Crippen LogP contribution in [0.4, 0.5) is 5.82 Å². The molecule has 2 aromatic rings. The summed E-state index contributed by atoms with van der Waals surface area (Å²) in [5, 5.41) is 13.1. The van der Waals surface area contributed by atoms with Crippen LogP contribution in [0.2, 0.25) is 5.28 Å². The summed E-state index contributed by atoms with van der Waals surface area (Å²) in [6.45, 7) is 6.30. The van der Waals surface area contributed by atoms with Crippen LogP contribution in [-0.2, 0) is 6.42 Å². The molecule has 0 spiro atoms. The Kier molecular flexibility index (Phi) is 5.02. The third-order valence-corrected chi connectivity index (χ3v) is 3.51. The first-order chi connectivity index (χ1) is 9.99. The summed E-state index contributed by atoms with van der Waals surface area (Å²) in [5.41, 5.74) is 2.00. The Bertz CT molecular complexity index is 599. The van der Waals surface area contributed by atoms with E-state index in [9.17, 15) is 5.11 Å². The second kappa shape index (κ2) is 6.76. The zero-order valence-electron chi connectivity index (χ0n) is 12.5. The molecule has 1 heterocycles. The van der Waals surface area contributed by atoms with E-state index in [2.05, 4.69) is 29.1 Å². The quantitative estimate of drug-likeness (QED) is 0.813. The lowest BCUT2D eigenvalue weighted by Crippen LogP contribution is -2.18. The van der Waals surface area contributed by atoms with Crippen molar-refractivity contribution in [2.45, 2.75) is 33.2 Å². The Balaban J connectivity index is 2.28. The van der Waals surface area contributed by atoms with E-state index in [0.717, 1.165) is 23.5 Å². The fourth-order valence-corrected chi connectivity index (χ4v) is 2.40. The van der Waals surface area contributed by atoms with Crippen LogP contribution >= 0.6 is 11.6 Å². The van der Waals surface area contributed by atoms with Crippen LogP contribution in [0.1, 0.15) is 38.1 Å². The van der Waals surface area contributed by atoms with E-state index in [1.807, 2.05) is 25.1 Å². The molecule has 0 fully saturated rings. The van der Waals surface area contributed by atoms with Crippen molar-refractivity contribution in [1.29, 1.82) is 0 Å². The molecule has 0 radical (unpaired) electrons. The van der Waals surface area contributed by atoms with Gasteiger partial charge in [-0.2, -0.15) is 0 Å². The molecule has 1 aromatic carbocycles. The maximum Gasteiger partial charge on any atom is 0.224 e. The molecule has 4 nitrogen and oxygen atoms in total. The largest absolute Gasteiger partial charge is 0.508 e. The molecular weight excluding hydrogens is 286 g/mol. The molecule has 0 bridgehead atoms. The number of phenolic OH excluding ortho intramolecular Hbond substituents is 1. The smallest absolute Gasteiger partial charge is 0.224 e. The van der Waals surface area contributed by atoms with Crippen molar-refractivity contribution < 1.29 is 5.11 Å². The number of nitrogens with zero attached hydrogens (tertiary/aromatic N) is 2. The predicted molar refractivity (Wildman–Crippen MR) is 85.7 cm³/mol. The normalized spacial score (nSPS) is 12.4. The van der Waals surface area contributed by atoms with E-state index >= 15 is 0 Å². The minimum atomic E-state index is 0.0845. The number of nitrogens with one attached hydrogen (secondary N) is 1. The second-order valence-electron chi connectivity index (χ2n) is 5.32. The Morgan fingerprint density at radius 1 is 1.19 bits per heavy atom. The van der Waals surface area contributed by atoms with Crippen LogP contribution in [0.15, 0.2) is 30.3 Å². The third-order valence-electron chi connectivity index (χ3n) is 3.34. The average molecular weight is 306 g/mol. The molecule has 0 amide bonds. The van der Waals surface area contributed by atoms with E-state index in [1.165, 1.54) is 0 Å². The number of rotatable bonds is 5. The Morgan fingerprint density at radius 3 is 2.43 bits per heavy atom. The summed E-state index contributed by atoms with van der Waals surface area (Å²) in [6.07, 6.45) is 0.808. The van der Waals surface area contributed by atoms with Gasteiger partial charge in [-0.25, -0.2) is 9.97 Å². The highest BCUT2D eigenvalue weighted by molar-refractivity contribution is 6.28. The van der Waals surface area contributed by atoms with E-state index in [0.29, 0.717) is 5.92 Å². The molecule has 0 aliphatic rings. The molecule has 21 heavy (non-hydrogen) atoms. The highest BCUT2D eigenvalue weighted by Gasteiger charge is 2.17. The third kappa shape index (κ3) is 4.08. The lowest BCUT2D eigenvalue weighted by molar-refractivity contribution is 0.474. The molecule has 0 saturated heterocycles. The zero-order valence-corrected chi connectivity index (χ0v) is 13.2. The van der Waals surface area contributed by atoms with Crippen molar-refractivity contribution in [3.8, 4) is 5.75 Å². The molecular formula is C16H20ClN3O. The van der Waals surface area contributed by atoms with E-state index < -0.39 is 0 Å². The number of hydrogen-bond donors (Lipinski definition) is 2. The summed E-state index contributed by atoms with van der Waals surface area (Å²) in [5.74, 6) is 1.34. The topological polar surface area (TPSA) is 58.0 Å². The number of halogens is 1. The summed E-state index contributed by atoms with van der Waals surface area (Å²) >= 11 is 5.96. The number of hydrogen-bond acceptors (Lipinski definition) is 4. The zero-order chi connectivity index (χ0) is 15.4. The van der Waals surface area contributed by atoms with E-state index in [-0.39, 0.29) is 17.1 Å². The number of aryl methyl sites for hydroxylation is 1. The molecule has 2 rings (SSSR count). The number of benzene rings is 1. The first kappa shape index (κ1) is 15.6. The number of anilines is 1. The summed E-state index contributed by atoms with van der Waals surface area (Å²) < 4.78 is 0. The molecule has 112 valence electrons. The molecule has 0 saturated carbocycles. The van der Waals surface area contributed by atoms with Gasteiger partial charge in [0.2, 0.25) is 5.28 Å². The van der Waals surface area contributed by atoms with Crippen molar-refractivity contribution >= 4 is 17.4 Å². The van der Waals surface area contributed by atoms with E-state index in [1.54, 1.807) is 12.1 Å². The van der Waals surface area contributed by atoms with Crippen molar-refractivity contribution in [2.75, 3.05) is 5.32 Å². The highest BCUT2D eigenvalue weighted by Crippen LogP contribution is 2.27. The van der Waals surface area contributed by atoms with Gasteiger partial charge in [0, 0.05) is 11.8 Å². The predicted octanol–water partition coefficient (Wildman–Crippen LogP) is 4.21. The lowest BCUT2D eigenvalue weighted by atomic mass is 9.96. The van der Waals surface area contributed by atoms with Crippen molar-refractivity contribution in [2.24, 2.45) is 5.92 Å². The van der Waals surface area contributed by atoms with Gasteiger partial charge in [0.15, 0.2) is 0 Å². The van der Waals surface area contributed by atoms with Gasteiger partial charge in [0.1, 0.15) is 11.6 Å². The van der Waals surface area contributed by atoms with Crippen molar-refractivity contribution in [3.63, 3.8) is 0 Å². The molecule has 0 aliphatic carbocycles. The SMILES string of the molecule is CCc1cc(NC(c2ccc(O)cc2)C(C)C)nc(Cl)n1. The molecule has 1 unspecified atom stereocenters. The van der Waals surface area contributed by atoms with Crippen LogP contribution < -0.4 is 5.32 Å². The van der Waals surface area contributed by atoms with Gasteiger partial charge in [0.25, 0.3) is 0 Å². The Labute approximate surface area is 130 Å². The lowest BCUT2D eigenvalue weighted by Gasteiger charge is -2.23. The maximum absolute atomic E-state index is 9.41. The Hall–Kier alpha value is -1.81. The van der Waals surface area contributed by atoms with Crippen molar-refractivity contribution in [1.82, 2.24) is 9.97 Å². The first-order valence-corrected chi connectivity index (χ1v) is 7.46. The van der Waals surface area contributed by atoms with Gasteiger partial charge < -0.3 is 10.4 Å². The van der Waals surface area contributed by atoms with Crippen LogP contribution in [0.5, 0.6) is 5.75 Å². The summed E-state index contributed by atoms with van der Waals surface area (Å²) in [4.78, 5) is 8.41. The highest BCUT2D eigenvalue weighted by atomic mass is 35.5. The van der Waals surface area contributed by atoms with Crippen LogP contribution in [0.25, 0.3) is 0 Å². The molecule has 1 atom stereocenters. The minimum Gasteiger partial charge on any atom is -0.508 e. The average Bonchev–Trinajstić information content (AvgIpc) is 2.45. The molecule has 1 aromatic heterocycles. The summed E-state index contributed by atoms with van der Waals surface area (Å²) in [7, 11) is 0. The summed E-state index contributed by atoms with van der Waals surface area (Å²) in [6, 6.07) is 9.21. The van der Waals surface area contributed by atoms with Crippen LogP contribution in [0.3, 0.4) is 0 Å². The van der Waals surface area contributed by atoms with Crippen LogP contribution in [-0.4, -0.2) is 15.1 Å². The number of aromatic nitrogens is 2. The monoisotopic (exact) mass is 305 g/mol. The second-order valence-corrected chi connectivity index (χ2v) is 5.66. The van der Waals surface area contributed by atoms with E-state index in [4.69, 9.17) is 11.6 Å². The van der Waals surface area contributed by atoms with Crippen molar-refractivity contribution in [3.05, 3.63) is 46.9 Å². The van der Waals surface area contributed by atoms with Gasteiger partial charge in [-0.3, -0.25) is 0 Å². The fourth-order valence-electron chi connectivity index (χ4n) is 2.20. The van der Waals surface area contributed by atoms with Gasteiger partial charge in [0.05, 0.1) is 6.04 Å². The fraction of sp³-hybridized carbons (Fsp3) is 0.375. The molecule has 0 aliphatic heterocycles. The van der Waals surface area contributed by atoms with Crippen LogP contribution in [0, 0.1) is 5.92 Å². The van der Waals surface area contributed by atoms with Gasteiger partial charge in [-0.15, -0.1) is 0 Å². The Morgan fingerprint density at radius 2 is 1.86 bits per heavy atom. The minimum absolute atomic E-state index is 0.0845. The first-order valence-electron chi connectivity index (χ1n) is 7.08. The standard InChI is InChI=1S/C16H20ClN3O/c1-4-12-9-14(20-16(17)18-12)19-15(10(2)3)11-5-7-13(21)8-6-11/h5-10,15,21H,4H2,1-3H3,(H,18,19,20). The van der Waals surface area contributed by atoms with Gasteiger partial charge >= 0.3 is 0 Å².